The van der Waals surface area contributed by atoms with Crippen molar-refractivity contribution in [3.05, 3.63) is 47.7 Å². The van der Waals surface area contributed by atoms with Gasteiger partial charge in [0.2, 0.25) is 0 Å². The first-order valence-corrected chi connectivity index (χ1v) is 11.7. The fraction of sp³-hybridized carbons (Fsp3) is 0.571. The summed E-state index contributed by atoms with van der Waals surface area (Å²) in [4.78, 5) is 13.3. The predicted molar refractivity (Wildman–Crippen MR) is 109 cm³/mol. The van der Waals surface area contributed by atoms with E-state index in [4.69, 9.17) is 9.47 Å². The van der Waals surface area contributed by atoms with Gasteiger partial charge in [0.05, 0.1) is 19.8 Å². The van der Waals surface area contributed by atoms with E-state index in [1.807, 2.05) is 18.2 Å². The molecule has 3 rings (SSSR count). The molecule has 0 bridgehead atoms. The normalized spacial score (nSPS) is 24.6. The number of ether oxygens (including phenoxy) is 2. The number of methoxy groups -OCH3 is 1. The van der Waals surface area contributed by atoms with E-state index in [-0.39, 0.29) is 25.7 Å². The van der Waals surface area contributed by atoms with Gasteiger partial charge in [-0.1, -0.05) is 30.3 Å². The average molecular weight is 478 g/mol. The molecule has 7 nitrogen and oxygen atoms in total. The van der Waals surface area contributed by atoms with Crippen molar-refractivity contribution in [2.75, 3.05) is 20.3 Å². The van der Waals surface area contributed by atoms with Crippen molar-refractivity contribution in [1.29, 1.82) is 0 Å². The lowest BCUT2D eigenvalue weighted by atomic mass is 9.83. The Labute approximate surface area is 185 Å². The molecule has 1 aliphatic carbocycles. The van der Waals surface area contributed by atoms with Gasteiger partial charge in [0.15, 0.2) is 0 Å². The van der Waals surface area contributed by atoms with Crippen LogP contribution in [0.4, 0.5) is 18.0 Å². The van der Waals surface area contributed by atoms with E-state index in [2.05, 4.69) is 16.3 Å². The van der Waals surface area contributed by atoms with Crippen LogP contribution in [-0.2, 0) is 23.8 Å². The van der Waals surface area contributed by atoms with E-state index >= 15 is 0 Å². The molecule has 2 aliphatic rings. The lowest BCUT2D eigenvalue weighted by Crippen LogP contribution is -2.48. The minimum absolute atomic E-state index is 0.122. The molecule has 1 atom stereocenters. The number of halogens is 3. The second-order valence-corrected chi connectivity index (χ2v) is 9.31. The van der Waals surface area contributed by atoms with Crippen molar-refractivity contribution in [1.82, 2.24) is 4.90 Å². The molecule has 1 aromatic carbocycles. The predicted octanol–water partition coefficient (Wildman–Crippen LogP) is 4.32. The van der Waals surface area contributed by atoms with Crippen LogP contribution in [-0.4, -0.2) is 57.3 Å². The number of rotatable bonds is 6. The highest BCUT2D eigenvalue weighted by Gasteiger charge is 2.50. The topological polar surface area (TPSA) is 82.1 Å². The van der Waals surface area contributed by atoms with Gasteiger partial charge < -0.3 is 13.7 Å². The van der Waals surface area contributed by atoms with Gasteiger partial charge in [-0.05, 0) is 49.7 Å². The number of benzene rings is 1. The highest BCUT2D eigenvalue weighted by molar-refractivity contribution is 7.87. The molecule has 1 saturated carbocycles. The van der Waals surface area contributed by atoms with Gasteiger partial charge in [0.1, 0.15) is 11.8 Å². The Morgan fingerprint density at radius 2 is 1.78 bits per heavy atom. The molecular weight excluding hydrogens is 451 g/mol. The molecule has 178 valence electrons. The average Bonchev–Trinajstić information content (AvgIpc) is 2.77. The van der Waals surface area contributed by atoms with Gasteiger partial charge >= 0.3 is 21.7 Å². The molecule has 0 saturated heterocycles. The van der Waals surface area contributed by atoms with Gasteiger partial charge in [-0.25, -0.2) is 4.79 Å². The Morgan fingerprint density at radius 3 is 2.38 bits per heavy atom. The van der Waals surface area contributed by atoms with Crippen LogP contribution in [0.15, 0.2) is 42.2 Å². The summed E-state index contributed by atoms with van der Waals surface area (Å²) in [5.41, 5.74) is -4.33. The summed E-state index contributed by atoms with van der Waals surface area (Å²) < 4.78 is 76.5. The molecule has 11 heteroatoms. The smallest absolute Gasteiger partial charge is 0.453 e. The second-order valence-electron chi connectivity index (χ2n) is 7.78. The number of amides is 1. The van der Waals surface area contributed by atoms with Crippen LogP contribution in [0.25, 0.3) is 0 Å². The monoisotopic (exact) mass is 477 g/mol. The Hall–Kier alpha value is -2.27. The molecule has 0 spiro atoms. The summed E-state index contributed by atoms with van der Waals surface area (Å²) in [5, 5.41) is 0. The van der Waals surface area contributed by atoms with Crippen molar-refractivity contribution in [3.8, 4) is 0 Å². The molecule has 0 radical (unpaired) electrons. The van der Waals surface area contributed by atoms with E-state index < -0.39 is 33.5 Å². The van der Waals surface area contributed by atoms with E-state index in [9.17, 15) is 26.4 Å². The molecule has 0 N–H and O–H groups in total. The standard InChI is InChI=1S/C21H26F3NO6S/c1-29-20(26)25-13-5-8-19(31-32(27,28)21(22,23)24)18(25)14-30-17-11-9-16(10-12-17)15-6-3-2-4-7-15/h2-4,6-8,16-18H,5,9-14H2,1H3/t16-,17+,18?. The van der Waals surface area contributed by atoms with E-state index in [1.54, 1.807) is 0 Å². The first-order chi connectivity index (χ1) is 15.1. The Morgan fingerprint density at radius 1 is 1.12 bits per heavy atom. The second kappa shape index (κ2) is 10.1. The number of carbonyl (C=O) groups is 1. The maximum Gasteiger partial charge on any atom is 0.534 e. The van der Waals surface area contributed by atoms with Gasteiger partial charge in [-0.15, -0.1) is 0 Å². The van der Waals surface area contributed by atoms with Crippen LogP contribution < -0.4 is 0 Å². The van der Waals surface area contributed by atoms with Gasteiger partial charge in [0, 0.05) is 6.54 Å². The summed E-state index contributed by atoms with van der Waals surface area (Å²) in [6.45, 7) is -0.0602. The van der Waals surface area contributed by atoms with E-state index in [0.29, 0.717) is 5.92 Å². The Kier molecular flexibility index (Phi) is 7.71. The number of hydrogen-bond acceptors (Lipinski definition) is 6. The number of alkyl halides is 3. The fourth-order valence-corrected chi connectivity index (χ4v) is 4.60. The van der Waals surface area contributed by atoms with Crippen LogP contribution in [0.2, 0.25) is 0 Å². The van der Waals surface area contributed by atoms with E-state index in [1.165, 1.54) is 11.6 Å². The maximum atomic E-state index is 12.8. The van der Waals surface area contributed by atoms with Crippen LogP contribution in [0.5, 0.6) is 0 Å². The minimum Gasteiger partial charge on any atom is -0.453 e. The third-order valence-corrected chi connectivity index (χ3v) is 6.73. The zero-order valence-corrected chi connectivity index (χ0v) is 18.4. The molecule has 1 unspecified atom stereocenters. The van der Waals surface area contributed by atoms with Gasteiger partial charge in [-0.2, -0.15) is 21.6 Å². The summed E-state index contributed by atoms with van der Waals surface area (Å²) in [6.07, 6.45) is 3.67. The van der Waals surface area contributed by atoms with Crippen LogP contribution in [0.1, 0.15) is 43.6 Å². The molecule has 1 fully saturated rings. The lowest BCUT2D eigenvalue weighted by Gasteiger charge is -2.36. The third kappa shape index (κ3) is 5.74. The van der Waals surface area contributed by atoms with Crippen LogP contribution in [0, 0.1) is 0 Å². The van der Waals surface area contributed by atoms with E-state index in [0.717, 1.165) is 37.7 Å². The molecular formula is C21H26F3NO6S. The first kappa shape index (κ1) is 24.4. The van der Waals surface area contributed by atoms with Crippen molar-refractivity contribution >= 4 is 16.2 Å². The highest BCUT2D eigenvalue weighted by Crippen LogP contribution is 2.35. The van der Waals surface area contributed by atoms with Crippen molar-refractivity contribution in [2.45, 2.75) is 55.7 Å². The quantitative estimate of drug-likeness (QED) is 0.448. The summed E-state index contributed by atoms with van der Waals surface area (Å²) >= 11 is 0. The summed E-state index contributed by atoms with van der Waals surface area (Å²) in [6, 6.07) is 8.97. The number of nitrogens with zero attached hydrogens (tertiary/aromatic N) is 1. The first-order valence-electron chi connectivity index (χ1n) is 10.3. The van der Waals surface area contributed by atoms with Crippen molar-refractivity contribution in [3.63, 3.8) is 0 Å². The zero-order valence-electron chi connectivity index (χ0n) is 17.6. The molecule has 1 aromatic rings. The Balaban J connectivity index is 1.66. The molecule has 1 aliphatic heterocycles. The molecule has 32 heavy (non-hydrogen) atoms. The van der Waals surface area contributed by atoms with Gasteiger partial charge in [0.25, 0.3) is 0 Å². The largest absolute Gasteiger partial charge is 0.534 e. The molecule has 1 heterocycles. The van der Waals surface area contributed by atoms with Gasteiger partial charge in [-0.3, -0.25) is 4.90 Å². The van der Waals surface area contributed by atoms with Crippen LogP contribution in [0.3, 0.4) is 0 Å². The SMILES string of the molecule is COC(=O)N1CCC=C(OS(=O)(=O)C(F)(F)F)C1CO[C@H]1CC[C@@H](c2ccccc2)CC1. The summed E-state index contributed by atoms with van der Waals surface area (Å²) in [7, 11) is -4.73. The lowest BCUT2D eigenvalue weighted by molar-refractivity contribution is -0.0545. The molecule has 1 amide bonds. The maximum absolute atomic E-state index is 12.8. The third-order valence-electron chi connectivity index (χ3n) is 5.75. The zero-order chi connectivity index (χ0) is 23.4. The fourth-order valence-electron chi connectivity index (χ4n) is 4.08. The highest BCUT2D eigenvalue weighted by atomic mass is 32.2. The van der Waals surface area contributed by atoms with Crippen LogP contribution >= 0.6 is 0 Å². The molecule has 0 aromatic heterocycles. The number of carbonyl (C=O) groups excluding carboxylic acids is 1. The van der Waals surface area contributed by atoms with Crippen molar-refractivity contribution < 1.29 is 40.0 Å². The number of hydrogen-bond donors (Lipinski definition) is 0. The van der Waals surface area contributed by atoms with Crippen molar-refractivity contribution in [2.24, 2.45) is 0 Å². The Bertz CT molecular complexity index is 911. The minimum atomic E-state index is -5.87. The summed E-state index contributed by atoms with van der Waals surface area (Å²) in [5.74, 6) is -0.0787.